The summed E-state index contributed by atoms with van der Waals surface area (Å²) in [6.07, 6.45) is -2.85. The fourth-order valence-corrected chi connectivity index (χ4v) is 1.93. The summed E-state index contributed by atoms with van der Waals surface area (Å²) < 4.78 is 46.7. The maximum absolute atomic E-state index is 11.9. The second-order valence-corrected chi connectivity index (χ2v) is 3.93. The van der Waals surface area contributed by atoms with Gasteiger partial charge in [0.15, 0.2) is 0 Å². The first-order chi connectivity index (χ1) is 9.01. The molecule has 1 aromatic carbocycles. The van der Waals surface area contributed by atoms with Gasteiger partial charge in [-0.2, -0.15) is 0 Å². The number of hydrogen-bond acceptors (Lipinski definition) is 2. The van der Waals surface area contributed by atoms with E-state index < -0.39 is 13.0 Å². The van der Waals surface area contributed by atoms with Crippen LogP contribution in [0, 0.1) is 0 Å². The summed E-state index contributed by atoms with van der Waals surface area (Å²) in [6.45, 7) is 2.15. The number of aromatic nitrogens is 1. The van der Waals surface area contributed by atoms with Crippen molar-refractivity contribution in [3.05, 3.63) is 30.5 Å². The van der Waals surface area contributed by atoms with Gasteiger partial charge in [-0.3, -0.25) is 4.74 Å². The molecule has 0 unspecified atom stereocenters. The summed E-state index contributed by atoms with van der Waals surface area (Å²) in [5, 5.41) is 0.886. The largest absolute Gasteiger partial charge is 0.522 e. The fourth-order valence-electron chi connectivity index (χ4n) is 1.93. The van der Waals surface area contributed by atoms with Crippen molar-refractivity contribution >= 4 is 10.9 Å². The predicted octanol–water partition coefficient (Wildman–Crippen LogP) is 3.58. The Morgan fingerprint density at radius 1 is 1.21 bits per heavy atom. The molecule has 1 heterocycles. The van der Waals surface area contributed by atoms with E-state index in [1.807, 2.05) is 31.2 Å². The highest BCUT2D eigenvalue weighted by Gasteiger charge is 2.28. The van der Waals surface area contributed by atoms with Crippen LogP contribution in [-0.2, 0) is 11.3 Å². The van der Waals surface area contributed by atoms with E-state index in [0.29, 0.717) is 6.61 Å². The highest BCUT2D eigenvalue weighted by Crippen LogP contribution is 2.26. The molecule has 0 atom stereocenters. The third-order valence-electron chi connectivity index (χ3n) is 2.67. The van der Waals surface area contributed by atoms with E-state index in [4.69, 9.17) is 4.74 Å². The molecule has 0 aliphatic rings. The van der Waals surface area contributed by atoms with Gasteiger partial charge in [-0.05, 0) is 25.1 Å². The molecule has 0 bridgehead atoms. The summed E-state index contributed by atoms with van der Waals surface area (Å²) in [4.78, 5) is 0. The monoisotopic (exact) mass is 273 g/mol. The van der Waals surface area contributed by atoms with Crippen LogP contribution in [0.25, 0.3) is 10.9 Å². The van der Waals surface area contributed by atoms with Gasteiger partial charge in [-0.25, -0.2) is 0 Å². The average Bonchev–Trinajstić information content (AvgIpc) is 2.73. The van der Waals surface area contributed by atoms with Gasteiger partial charge in [-0.1, -0.05) is 6.07 Å². The molecule has 0 saturated carbocycles. The molecule has 104 valence electrons. The van der Waals surface area contributed by atoms with Crippen molar-refractivity contribution in [2.75, 3.05) is 13.2 Å². The minimum Gasteiger partial charge on any atom is -0.493 e. The molecule has 0 N–H and O–H groups in total. The van der Waals surface area contributed by atoms with Crippen molar-refractivity contribution in [1.82, 2.24) is 4.57 Å². The van der Waals surface area contributed by atoms with Crippen molar-refractivity contribution in [2.45, 2.75) is 19.8 Å². The number of nitrogens with zero attached hydrogens (tertiary/aromatic N) is 1. The van der Waals surface area contributed by atoms with Crippen molar-refractivity contribution in [1.29, 1.82) is 0 Å². The molecule has 0 fully saturated rings. The van der Waals surface area contributed by atoms with Gasteiger partial charge in [0.25, 0.3) is 0 Å². The number of halogens is 3. The summed E-state index contributed by atoms with van der Waals surface area (Å²) in [5.74, 6) is 0.732. The Balaban J connectivity index is 2.14. The summed E-state index contributed by atoms with van der Waals surface area (Å²) >= 11 is 0. The predicted molar refractivity (Wildman–Crippen MR) is 65.1 cm³/mol. The minimum atomic E-state index is -4.58. The molecule has 19 heavy (non-hydrogen) atoms. The molecule has 0 aliphatic carbocycles. The van der Waals surface area contributed by atoms with Crippen LogP contribution in [0.2, 0.25) is 0 Å². The van der Waals surface area contributed by atoms with E-state index in [-0.39, 0.29) is 6.54 Å². The van der Waals surface area contributed by atoms with Crippen LogP contribution in [-0.4, -0.2) is 24.1 Å². The Morgan fingerprint density at radius 2 is 2.00 bits per heavy atom. The Labute approximate surface area is 108 Å². The van der Waals surface area contributed by atoms with E-state index in [9.17, 15) is 13.2 Å². The van der Waals surface area contributed by atoms with E-state index in [1.54, 1.807) is 10.8 Å². The smallest absolute Gasteiger partial charge is 0.493 e. The van der Waals surface area contributed by atoms with Gasteiger partial charge in [0.05, 0.1) is 18.7 Å². The molecule has 0 amide bonds. The molecular formula is C13H14F3NO2. The standard InChI is InChI=1S/C13H14F3NO2/c1-2-18-12-5-3-4-11-10(12)6-7-17(11)8-9-19-13(14,15)16/h3-7H,2,8-9H2,1H3. The van der Waals surface area contributed by atoms with Crippen LogP contribution in [0.5, 0.6) is 5.75 Å². The molecule has 0 aliphatic heterocycles. The highest BCUT2D eigenvalue weighted by molar-refractivity contribution is 5.86. The number of benzene rings is 1. The summed E-state index contributed by atoms with van der Waals surface area (Å²) in [5.41, 5.74) is 0.830. The van der Waals surface area contributed by atoms with Crippen LogP contribution in [0.3, 0.4) is 0 Å². The van der Waals surface area contributed by atoms with E-state index in [1.165, 1.54) is 0 Å². The molecule has 0 spiro atoms. The Bertz CT molecular complexity index is 548. The molecular weight excluding hydrogens is 259 g/mol. The summed E-state index contributed by atoms with van der Waals surface area (Å²) in [7, 11) is 0. The fraction of sp³-hybridized carbons (Fsp3) is 0.385. The van der Waals surface area contributed by atoms with Gasteiger partial charge < -0.3 is 9.30 Å². The Kier molecular flexibility index (Phi) is 3.99. The number of alkyl halides is 3. The van der Waals surface area contributed by atoms with Crippen molar-refractivity contribution in [3.8, 4) is 5.75 Å². The molecule has 6 heteroatoms. The zero-order valence-corrected chi connectivity index (χ0v) is 10.4. The first-order valence-electron chi connectivity index (χ1n) is 5.92. The van der Waals surface area contributed by atoms with E-state index >= 15 is 0 Å². The van der Waals surface area contributed by atoms with Crippen LogP contribution >= 0.6 is 0 Å². The first kappa shape index (κ1) is 13.7. The first-order valence-corrected chi connectivity index (χ1v) is 5.92. The third kappa shape index (κ3) is 3.41. The van der Waals surface area contributed by atoms with Gasteiger partial charge in [-0.15, -0.1) is 13.2 Å². The maximum atomic E-state index is 11.9. The number of ether oxygens (including phenoxy) is 2. The summed E-state index contributed by atoms with van der Waals surface area (Å²) in [6, 6.07) is 7.32. The van der Waals surface area contributed by atoms with Crippen molar-refractivity contribution in [2.24, 2.45) is 0 Å². The number of fused-ring (bicyclic) bond motifs is 1. The average molecular weight is 273 g/mol. The van der Waals surface area contributed by atoms with Gasteiger partial charge in [0.2, 0.25) is 0 Å². The molecule has 0 radical (unpaired) electrons. The lowest BCUT2D eigenvalue weighted by Crippen LogP contribution is -2.17. The van der Waals surface area contributed by atoms with Gasteiger partial charge in [0.1, 0.15) is 5.75 Å². The van der Waals surface area contributed by atoms with Crippen LogP contribution in [0.4, 0.5) is 13.2 Å². The molecule has 1 aromatic heterocycles. The van der Waals surface area contributed by atoms with Crippen LogP contribution in [0.15, 0.2) is 30.5 Å². The lowest BCUT2D eigenvalue weighted by molar-refractivity contribution is -0.325. The third-order valence-corrected chi connectivity index (χ3v) is 2.67. The lowest BCUT2D eigenvalue weighted by Gasteiger charge is -2.09. The van der Waals surface area contributed by atoms with Crippen LogP contribution in [0.1, 0.15) is 6.92 Å². The molecule has 2 rings (SSSR count). The molecule has 2 aromatic rings. The Hall–Kier alpha value is -1.69. The van der Waals surface area contributed by atoms with Crippen molar-refractivity contribution in [3.63, 3.8) is 0 Å². The van der Waals surface area contributed by atoms with E-state index in [2.05, 4.69) is 4.74 Å². The topological polar surface area (TPSA) is 23.4 Å². The quantitative estimate of drug-likeness (QED) is 0.831. The number of hydrogen-bond donors (Lipinski definition) is 0. The zero-order chi connectivity index (χ0) is 13.9. The second kappa shape index (κ2) is 5.52. The highest BCUT2D eigenvalue weighted by atomic mass is 19.4. The van der Waals surface area contributed by atoms with Crippen molar-refractivity contribution < 1.29 is 22.6 Å². The molecule has 3 nitrogen and oxygen atoms in total. The lowest BCUT2D eigenvalue weighted by atomic mass is 10.2. The number of rotatable bonds is 5. The van der Waals surface area contributed by atoms with E-state index in [0.717, 1.165) is 16.7 Å². The second-order valence-electron chi connectivity index (χ2n) is 3.93. The van der Waals surface area contributed by atoms with Crippen LogP contribution < -0.4 is 4.74 Å². The van der Waals surface area contributed by atoms with Gasteiger partial charge >= 0.3 is 6.36 Å². The van der Waals surface area contributed by atoms with Gasteiger partial charge in [0, 0.05) is 18.1 Å². The zero-order valence-electron chi connectivity index (χ0n) is 10.4. The Morgan fingerprint density at radius 3 is 2.68 bits per heavy atom. The maximum Gasteiger partial charge on any atom is 0.522 e. The minimum absolute atomic E-state index is 0.137. The molecule has 0 saturated heterocycles. The normalized spacial score (nSPS) is 12.0. The SMILES string of the molecule is CCOc1cccc2c1ccn2CCOC(F)(F)F.